The third-order valence-electron chi connectivity index (χ3n) is 6.30. The van der Waals surface area contributed by atoms with E-state index in [1.807, 2.05) is 66.4 Å². The van der Waals surface area contributed by atoms with E-state index < -0.39 is 0 Å². The minimum atomic E-state index is -0.278. The van der Waals surface area contributed by atoms with E-state index in [-0.39, 0.29) is 16.9 Å². The van der Waals surface area contributed by atoms with Crippen molar-refractivity contribution in [3.63, 3.8) is 0 Å². The maximum atomic E-state index is 13.1. The lowest BCUT2D eigenvalue weighted by molar-refractivity contribution is 0.0782. The lowest BCUT2D eigenvalue weighted by atomic mass is 9.85. The molecule has 0 unspecified atom stereocenters. The lowest BCUT2D eigenvalue weighted by Crippen LogP contribution is -2.35. The summed E-state index contributed by atoms with van der Waals surface area (Å²) in [5.74, 6) is 0.775. The largest absolute Gasteiger partial charge is 0.338 e. The van der Waals surface area contributed by atoms with E-state index in [0.717, 1.165) is 35.4 Å². The SMILES string of the molecule is Cc1ccccc1C(=O)N1CC[C@]2(CCn3c2nnc(-c2ccccc2)c3=O)C1. The van der Waals surface area contributed by atoms with E-state index in [2.05, 4.69) is 10.2 Å². The summed E-state index contributed by atoms with van der Waals surface area (Å²) in [5, 5.41) is 8.79. The molecule has 3 heterocycles. The molecule has 1 aromatic heterocycles. The third kappa shape index (κ3) is 2.78. The Morgan fingerprint density at radius 3 is 2.48 bits per heavy atom. The molecule has 3 aromatic rings. The Hall–Kier alpha value is -3.28. The number of nitrogens with zero attached hydrogens (tertiary/aromatic N) is 4. The summed E-state index contributed by atoms with van der Waals surface area (Å²) < 4.78 is 1.76. The van der Waals surface area contributed by atoms with E-state index in [1.54, 1.807) is 4.57 Å². The van der Waals surface area contributed by atoms with Gasteiger partial charge >= 0.3 is 0 Å². The van der Waals surface area contributed by atoms with E-state index >= 15 is 0 Å². The van der Waals surface area contributed by atoms with Crippen molar-refractivity contribution in [2.24, 2.45) is 0 Å². The minimum Gasteiger partial charge on any atom is -0.338 e. The zero-order valence-electron chi connectivity index (χ0n) is 16.3. The van der Waals surface area contributed by atoms with Crippen LogP contribution in [0.2, 0.25) is 0 Å². The van der Waals surface area contributed by atoms with Gasteiger partial charge in [0.05, 0.1) is 5.41 Å². The van der Waals surface area contributed by atoms with Crippen LogP contribution >= 0.6 is 0 Å². The number of carbonyl (C=O) groups excluding carboxylic acids is 1. The summed E-state index contributed by atoms with van der Waals surface area (Å²) in [6, 6.07) is 17.1. The highest BCUT2D eigenvalue weighted by atomic mass is 16.2. The van der Waals surface area contributed by atoms with E-state index in [1.165, 1.54) is 0 Å². The number of aryl methyl sites for hydroxylation is 1. The van der Waals surface area contributed by atoms with Crippen LogP contribution in [0.5, 0.6) is 0 Å². The van der Waals surface area contributed by atoms with Crippen molar-refractivity contribution in [3.05, 3.63) is 81.9 Å². The molecule has 1 spiro atoms. The molecule has 146 valence electrons. The number of rotatable bonds is 2. The van der Waals surface area contributed by atoms with E-state index in [9.17, 15) is 9.59 Å². The highest BCUT2D eigenvalue weighted by molar-refractivity contribution is 5.95. The molecule has 0 N–H and O–H groups in total. The van der Waals surface area contributed by atoms with E-state index in [4.69, 9.17) is 0 Å². The van der Waals surface area contributed by atoms with E-state index in [0.29, 0.717) is 25.3 Å². The normalized spacial score (nSPS) is 20.2. The van der Waals surface area contributed by atoms with Gasteiger partial charge in [0.25, 0.3) is 11.5 Å². The van der Waals surface area contributed by atoms with Gasteiger partial charge in [-0.15, -0.1) is 10.2 Å². The summed E-state index contributed by atoms with van der Waals surface area (Å²) in [6.07, 6.45) is 1.62. The van der Waals surface area contributed by atoms with Gasteiger partial charge in [-0.05, 0) is 31.4 Å². The first-order chi connectivity index (χ1) is 14.1. The predicted molar refractivity (Wildman–Crippen MR) is 110 cm³/mol. The number of amides is 1. The van der Waals surface area contributed by atoms with Crippen LogP contribution in [0.4, 0.5) is 0 Å². The molecule has 2 aliphatic heterocycles. The van der Waals surface area contributed by atoms with Crippen molar-refractivity contribution in [1.29, 1.82) is 0 Å². The van der Waals surface area contributed by atoms with Crippen LogP contribution in [0, 0.1) is 6.92 Å². The maximum Gasteiger partial charge on any atom is 0.280 e. The smallest absolute Gasteiger partial charge is 0.280 e. The van der Waals surface area contributed by atoms with Crippen LogP contribution in [0.3, 0.4) is 0 Å². The van der Waals surface area contributed by atoms with Gasteiger partial charge in [-0.3, -0.25) is 14.2 Å². The van der Waals surface area contributed by atoms with Gasteiger partial charge in [-0.1, -0.05) is 48.5 Å². The summed E-state index contributed by atoms with van der Waals surface area (Å²) >= 11 is 0. The van der Waals surface area contributed by atoms with Gasteiger partial charge < -0.3 is 4.90 Å². The lowest BCUT2D eigenvalue weighted by Gasteiger charge is -2.23. The molecule has 6 nitrogen and oxygen atoms in total. The number of hydrogen-bond acceptors (Lipinski definition) is 4. The molecule has 1 saturated heterocycles. The van der Waals surface area contributed by atoms with Crippen LogP contribution in [0.1, 0.15) is 34.6 Å². The molecule has 5 rings (SSSR count). The molecule has 2 aromatic carbocycles. The standard InChI is InChI=1S/C23H22N4O2/c1-16-7-5-6-10-18(16)20(28)26-13-11-23(15-26)12-14-27-21(29)19(24-25-22(23)27)17-8-3-2-4-9-17/h2-10H,11-15H2,1H3/t23-/m0/s1. The molecule has 1 atom stereocenters. The second kappa shape index (κ2) is 6.65. The average molecular weight is 386 g/mol. The number of benzene rings is 2. The average Bonchev–Trinajstić information content (AvgIpc) is 3.34. The van der Waals surface area contributed by atoms with Gasteiger partial charge in [-0.2, -0.15) is 0 Å². The number of hydrogen-bond donors (Lipinski definition) is 0. The number of aromatic nitrogens is 3. The molecule has 6 heteroatoms. The zero-order valence-corrected chi connectivity index (χ0v) is 16.3. The monoisotopic (exact) mass is 386 g/mol. The fourth-order valence-electron chi connectivity index (χ4n) is 4.65. The topological polar surface area (TPSA) is 68.1 Å². The molecule has 0 aliphatic carbocycles. The zero-order chi connectivity index (χ0) is 20.0. The summed E-state index contributed by atoms with van der Waals surface area (Å²) in [5.41, 5.74) is 2.52. The van der Waals surface area contributed by atoms with Crippen LogP contribution in [0.15, 0.2) is 59.4 Å². The fraction of sp³-hybridized carbons (Fsp3) is 0.304. The third-order valence-corrected chi connectivity index (χ3v) is 6.30. The minimum absolute atomic E-state index is 0.0506. The highest BCUT2D eigenvalue weighted by Crippen LogP contribution is 2.41. The van der Waals surface area contributed by atoms with Crippen molar-refractivity contribution >= 4 is 5.91 Å². The molecule has 0 radical (unpaired) electrons. The Bertz CT molecular complexity index is 1160. The van der Waals surface area contributed by atoms with Crippen LogP contribution in [0.25, 0.3) is 11.3 Å². The Balaban J connectivity index is 1.47. The first-order valence-electron chi connectivity index (χ1n) is 9.97. The number of fused-ring (bicyclic) bond motifs is 2. The van der Waals surface area contributed by atoms with Gasteiger partial charge in [0.1, 0.15) is 5.82 Å². The molecular formula is C23H22N4O2. The van der Waals surface area contributed by atoms with Crippen molar-refractivity contribution in [2.75, 3.05) is 13.1 Å². The van der Waals surface area contributed by atoms with Gasteiger partial charge in [0.2, 0.25) is 0 Å². The molecular weight excluding hydrogens is 364 g/mol. The number of carbonyl (C=O) groups is 1. The molecule has 0 bridgehead atoms. The molecule has 2 aliphatic rings. The van der Waals surface area contributed by atoms with Crippen LogP contribution < -0.4 is 5.56 Å². The van der Waals surface area contributed by atoms with Crippen molar-refractivity contribution in [1.82, 2.24) is 19.7 Å². The Kier molecular flexibility index (Phi) is 4.08. The second-order valence-corrected chi connectivity index (χ2v) is 8.02. The van der Waals surface area contributed by atoms with Crippen LogP contribution in [-0.2, 0) is 12.0 Å². The van der Waals surface area contributed by atoms with Gasteiger partial charge in [-0.25, -0.2) is 0 Å². The van der Waals surface area contributed by atoms with Gasteiger partial charge in [0.15, 0.2) is 5.69 Å². The summed E-state index contributed by atoms with van der Waals surface area (Å²) in [4.78, 5) is 28.0. The molecule has 0 saturated carbocycles. The number of likely N-dealkylation sites (tertiary alicyclic amines) is 1. The van der Waals surface area contributed by atoms with Crippen LogP contribution in [-0.4, -0.2) is 38.7 Å². The first-order valence-corrected chi connectivity index (χ1v) is 9.97. The quantitative estimate of drug-likeness (QED) is 0.679. The Morgan fingerprint density at radius 2 is 1.69 bits per heavy atom. The second-order valence-electron chi connectivity index (χ2n) is 8.02. The Morgan fingerprint density at radius 1 is 0.966 bits per heavy atom. The Labute approximate surface area is 168 Å². The maximum absolute atomic E-state index is 13.1. The summed E-state index contributed by atoms with van der Waals surface area (Å²) in [6.45, 7) is 3.83. The highest BCUT2D eigenvalue weighted by Gasteiger charge is 2.48. The summed E-state index contributed by atoms with van der Waals surface area (Å²) in [7, 11) is 0. The van der Waals surface area contributed by atoms with Gasteiger partial charge in [0, 0.05) is 30.8 Å². The predicted octanol–water partition coefficient (Wildman–Crippen LogP) is 2.80. The van der Waals surface area contributed by atoms with Crippen molar-refractivity contribution in [3.8, 4) is 11.3 Å². The fourth-order valence-corrected chi connectivity index (χ4v) is 4.65. The van der Waals surface area contributed by atoms with Crippen molar-refractivity contribution in [2.45, 2.75) is 31.7 Å². The molecule has 29 heavy (non-hydrogen) atoms. The first kappa shape index (κ1) is 17.8. The molecule has 1 fully saturated rings. The van der Waals surface area contributed by atoms with Crippen molar-refractivity contribution < 1.29 is 4.79 Å². The molecule has 1 amide bonds.